The highest BCUT2D eigenvalue weighted by Crippen LogP contribution is 2.12. The molecule has 0 bridgehead atoms. The number of rotatable bonds is 7. The topological polar surface area (TPSA) is 84.2 Å². The van der Waals surface area contributed by atoms with Crippen LogP contribution in [0.3, 0.4) is 0 Å². The van der Waals surface area contributed by atoms with Crippen LogP contribution >= 0.6 is 15.9 Å². The largest absolute Gasteiger partial charge is 0.352 e. The van der Waals surface area contributed by atoms with Crippen molar-refractivity contribution < 1.29 is 9.59 Å². The van der Waals surface area contributed by atoms with E-state index in [0.29, 0.717) is 19.4 Å². The number of amides is 3. The Labute approximate surface area is 121 Å². The normalized spacial score (nSPS) is 9.95. The molecule has 6 heteroatoms. The molecular formula is C13H18BrN3O2. The molecule has 0 aliphatic carbocycles. The molecule has 1 aromatic rings. The summed E-state index contributed by atoms with van der Waals surface area (Å²) in [6.07, 6.45) is 1.88. The number of alkyl halides is 1. The Bertz CT molecular complexity index is 420. The summed E-state index contributed by atoms with van der Waals surface area (Å²) in [6.45, 7) is 0.503. The maximum Gasteiger partial charge on any atom is 0.312 e. The third-order valence-corrected chi connectivity index (χ3v) is 3.17. The van der Waals surface area contributed by atoms with Crippen molar-refractivity contribution in [1.29, 1.82) is 0 Å². The molecule has 104 valence electrons. The van der Waals surface area contributed by atoms with E-state index in [4.69, 9.17) is 5.73 Å². The molecule has 0 saturated carbocycles. The number of nitrogens with one attached hydrogen (secondary N) is 2. The van der Waals surface area contributed by atoms with Gasteiger partial charge in [-0.3, -0.25) is 4.79 Å². The van der Waals surface area contributed by atoms with Crippen molar-refractivity contribution in [2.24, 2.45) is 5.73 Å². The number of nitrogens with two attached hydrogens (primary N) is 1. The van der Waals surface area contributed by atoms with E-state index in [1.165, 1.54) is 0 Å². The van der Waals surface area contributed by atoms with E-state index in [2.05, 4.69) is 26.6 Å². The Balaban J connectivity index is 2.21. The van der Waals surface area contributed by atoms with Crippen LogP contribution in [0.15, 0.2) is 24.3 Å². The first-order valence-corrected chi connectivity index (χ1v) is 7.22. The fourth-order valence-corrected chi connectivity index (χ4v) is 1.90. The number of primary amides is 1. The van der Waals surface area contributed by atoms with E-state index in [0.717, 1.165) is 23.0 Å². The third-order valence-electron chi connectivity index (χ3n) is 2.52. The molecule has 0 atom stereocenters. The van der Waals surface area contributed by atoms with E-state index in [1.54, 1.807) is 0 Å². The molecule has 0 fully saturated rings. The predicted molar refractivity (Wildman–Crippen MR) is 79.1 cm³/mol. The van der Waals surface area contributed by atoms with Crippen LogP contribution in [0.4, 0.5) is 10.5 Å². The smallest absolute Gasteiger partial charge is 0.312 e. The highest BCUT2D eigenvalue weighted by atomic mass is 79.9. The Morgan fingerprint density at radius 1 is 1.16 bits per heavy atom. The van der Waals surface area contributed by atoms with Gasteiger partial charge in [-0.1, -0.05) is 28.1 Å². The zero-order chi connectivity index (χ0) is 14.1. The van der Waals surface area contributed by atoms with Gasteiger partial charge in [-0.2, -0.15) is 0 Å². The first-order valence-electron chi connectivity index (χ1n) is 6.10. The minimum absolute atomic E-state index is 0.0225. The number of urea groups is 1. The van der Waals surface area contributed by atoms with Crippen LogP contribution in [0, 0.1) is 0 Å². The fraction of sp³-hybridized carbons (Fsp3) is 0.385. The van der Waals surface area contributed by atoms with E-state index in [9.17, 15) is 9.59 Å². The fourth-order valence-electron chi connectivity index (χ4n) is 1.52. The van der Waals surface area contributed by atoms with Crippen molar-refractivity contribution in [3.8, 4) is 0 Å². The number of anilines is 1. The third kappa shape index (κ3) is 6.81. The number of unbranched alkanes of at least 4 members (excludes halogenated alkanes) is 1. The number of hydrogen-bond acceptors (Lipinski definition) is 2. The summed E-state index contributed by atoms with van der Waals surface area (Å²) < 4.78 is 0. The van der Waals surface area contributed by atoms with Crippen LogP contribution in [0.1, 0.15) is 24.8 Å². The Morgan fingerprint density at radius 3 is 2.42 bits per heavy atom. The molecule has 0 aromatic heterocycles. The van der Waals surface area contributed by atoms with E-state index < -0.39 is 6.03 Å². The van der Waals surface area contributed by atoms with Crippen molar-refractivity contribution in [2.45, 2.75) is 24.6 Å². The van der Waals surface area contributed by atoms with Gasteiger partial charge in [-0.05, 0) is 30.5 Å². The monoisotopic (exact) mass is 327 g/mol. The Kier molecular flexibility index (Phi) is 6.95. The van der Waals surface area contributed by atoms with E-state index >= 15 is 0 Å². The van der Waals surface area contributed by atoms with Gasteiger partial charge in [-0.15, -0.1) is 0 Å². The summed E-state index contributed by atoms with van der Waals surface area (Å²) in [5.74, 6) is -0.0225. The van der Waals surface area contributed by atoms with Gasteiger partial charge in [0.1, 0.15) is 0 Å². The highest BCUT2D eigenvalue weighted by molar-refractivity contribution is 9.08. The summed E-state index contributed by atoms with van der Waals surface area (Å²) in [5, 5.41) is 6.11. The maximum absolute atomic E-state index is 11.6. The highest BCUT2D eigenvalue weighted by Gasteiger charge is 2.02. The lowest BCUT2D eigenvalue weighted by Gasteiger charge is -2.06. The number of halogens is 1. The van der Waals surface area contributed by atoms with Crippen LogP contribution < -0.4 is 16.4 Å². The summed E-state index contributed by atoms with van der Waals surface area (Å²) >= 11 is 3.37. The molecule has 1 aromatic carbocycles. The van der Waals surface area contributed by atoms with Gasteiger partial charge in [0, 0.05) is 24.0 Å². The number of benzene rings is 1. The molecule has 5 nitrogen and oxygen atoms in total. The molecule has 0 aliphatic rings. The predicted octanol–water partition coefficient (Wildman–Crippen LogP) is 2.36. The lowest BCUT2D eigenvalue weighted by molar-refractivity contribution is -0.116. The first kappa shape index (κ1) is 15.5. The van der Waals surface area contributed by atoms with Crippen LogP contribution in [0.25, 0.3) is 0 Å². The van der Waals surface area contributed by atoms with E-state index in [1.807, 2.05) is 24.3 Å². The minimum atomic E-state index is -0.531. The molecule has 0 saturated heterocycles. The number of carbonyl (C=O) groups is 2. The molecular weight excluding hydrogens is 310 g/mol. The van der Waals surface area contributed by atoms with Crippen LogP contribution in [-0.4, -0.2) is 18.5 Å². The second kappa shape index (κ2) is 8.53. The zero-order valence-corrected chi connectivity index (χ0v) is 12.2. The summed E-state index contributed by atoms with van der Waals surface area (Å²) in [4.78, 5) is 22.0. The van der Waals surface area contributed by atoms with Gasteiger partial charge in [0.15, 0.2) is 0 Å². The zero-order valence-electron chi connectivity index (χ0n) is 10.6. The molecule has 3 amide bonds. The van der Waals surface area contributed by atoms with Crippen molar-refractivity contribution >= 4 is 33.6 Å². The van der Waals surface area contributed by atoms with Crippen LogP contribution in [-0.2, 0) is 10.1 Å². The first-order chi connectivity index (χ1) is 9.11. The number of hydrogen-bond donors (Lipinski definition) is 3. The molecule has 19 heavy (non-hydrogen) atoms. The summed E-state index contributed by atoms with van der Waals surface area (Å²) in [6, 6.07) is 7.14. The molecule has 0 unspecified atom stereocenters. The van der Waals surface area contributed by atoms with Crippen LogP contribution in [0.5, 0.6) is 0 Å². The maximum atomic E-state index is 11.6. The van der Waals surface area contributed by atoms with Gasteiger partial charge in [0.2, 0.25) is 5.91 Å². The van der Waals surface area contributed by atoms with Crippen molar-refractivity contribution in [3.63, 3.8) is 0 Å². The van der Waals surface area contributed by atoms with Crippen molar-refractivity contribution in [2.75, 3.05) is 11.9 Å². The average molecular weight is 328 g/mol. The van der Waals surface area contributed by atoms with Crippen LogP contribution in [0.2, 0.25) is 0 Å². The second-order valence-electron chi connectivity index (χ2n) is 4.13. The average Bonchev–Trinajstić information content (AvgIpc) is 2.39. The van der Waals surface area contributed by atoms with Crippen molar-refractivity contribution in [3.05, 3.63) is 29.8 Å². The lowest BCUT2D eigenvalue weighted by Crippen LogP contribution is -2.30. The van der Waals surface area contributed by atoms with E-state index in [-0.39, 0.29) is 5.91 Å². The number of carbonyl (C=O) groups excluding carboxylic acids is 2. The van der Waals surface area contributed by atoms with Gasteiger partial charge in [0.05, 0.1) is 0 Å². The Hall–Kier alpha value is -1.56. The molecule has 1 rings (SSSR count). The lowest BCUT2D eigenvalue weighted by atomic mass is 10.2. The summed E-state index contributed by atoms with van der Waals surface area (Å²) in [7, 11) is 0. The molecule has 0 aliphatic heterocycles. The SMILES string of the molecule is NC(=O)NCCCCC(=O)Nc1ccc(CBr)cc1. The van der Waals surface area contributed by atoms with Gasteiger partial charge < -0.3 is 16.4 Å². The quantitative estimate of drug-likeness (QED) is 0.530. The second-order valence-corrected chi connectivity index (χ2v) is 4.69. The van der Waals surface area contributed by atoms with Gasteiger partial charge in [0.25, 0.3) is 0 Å². The molecule has 4 N–H and O–H groups in total. The minimum Gasteiger partial charge on any atom is -0.352 e. The molecule has 0 spiro atoms. The Morgan fingerprint density at radius 2 is 1.84 bits per heavy atom. The molecule has 0 heterocycles. The molecule has 0 radical (unpaired) electrons. The standard InChI is InChI=1S/C13H18BrN3O2/c14-9-10-4-6-11(7-5-10)17-12(18)3-1-2-8-16-13(15)19/h4-7H,1-3,8-9H2,(H,17,18)(H3,15,16,19). The van der Waals surface area contributed by atoms with Gasteiger partial charge in [-0.25, -0.2) is 4.79 Å². The summed E-state index contributed by atoms with van der Waals surface area (Å²) in [5.41, 5.74) is 6.89. The van der Waals surface area contributed by atoms with Crippen molar-refractivity contribution in [1.82, 2.24) is 5.32 Å². The van der Waals surface area contributed by atoms with Gasteiger partial charge >= 0.3 is 6.03 Å².